The standard InChI is InChI=1S/C15H19N3O/c1-15(2,11-7-4-8-12-17-18-16)14(19)13-9-5-3-6-10-13/h3-6,8-10H,7,11-12H2,1-2H3/b8-4+. The SMILES string of the molecule is CC(C)(CC/C=C/CN=[N+]=[N-])C(=O)c1ccccc1. The van der Waals surface area contributed by atoms with Gasteiger partial charge < -0.3 is 0 Å². The van der Waals surface area contributed by atoms with Crippen LogP contribution in [0.25, 0.3) is 10.4 Å². The Bertz CT molecular complexity index is 485. The summed E-state index contributed by atoms with van der Waals surface area (Å²) >= 11 is 0. The Morgan fingerprint density at radius 3 is 2.63 bits per heavy atom. The van der Waals surface area contributed by atoms with Crippen LogP contribution in [-0.4, -0.2) is 12.3 Å². The van der Waals surface area contributed by atoms with Gasteiger partial charge in [-0.15, -0.1) is 0 Å². The van der Waals surface area contributed by atoms with Crippen LogP contribution >= 0.6 is 0 Å². The van der Waals surface area contributed by atoms with Crippen LogP contribution in [0.3, 0.4) is 0 Å². The van der Waals surface area contributed by atoms with Gasteiger partial charge in [-0.25, -0.2) is 0 Å². The molecule has 100 valence electrons. The van der Waals surface area contributed by atoms with Crippen LogP contribution in [0.2, 0.25) is 0 Å². The van der Waals surface area contributed by atoms with Gasteiger partial charge in [0.05, 0.1) is 0 Å². The van der Waals surface area contributed by atoms with Crippen LogP contribution in [0.5, 0.6) is 0 Å². The van der Waals surface area contributed by atoms with Crippen molar-refractivity contribution < 1.29 is 4.79 Å². The van der Waals surface area contributed by atoms with Gasteiger partial charge in [0.15, 0.2) is 5.78 Å². The molecule has 1 aromatic rings. The summed E-state index contributed by atoms with van der Waals surface area (Å²) in [6.45, 7) is 4.29. The van der Waals surface area contributed by atoms with Crippen molar-refractivity contribution >= 4 is 5.78 Å². The average molecular weight is 257 g/mol. The van der Waals surface area contributed by atoms with Gasteiger partial charge in [0, 0.05) is 22.4 Å². The fourth-order valence-corrected chi connectivity index (χ4v) is 1.81. The Morgan fingerprint density at radius 1 is 1.32 bits per heavy atom. The molecule has 0 fully saturated rings. The molecule has 0 unspecified atom stereocenters. The topological polar surface area (TPSA) is 65.8 Å². The van der Waals surface area contributed by atoms with Crippen molar-refractivity contribution in [2.45, 2.75) is 26.7 Å². The second kappa shape index (κ2) is 7.39. The number of carbonyl (C=O) groups excluding carboxylic acids is 1. The van der Waals surface area contributed by atoms with E-state index in [4.69, 9.17) is 5.53 Å². The highest BCUT2D eigenvalue weighted by Gasteiger charge is 2.27. The van der Waals surface area contributed by atoms with E-state index in [-0.39, 0.29) is 11.2 Å². The molecule has 0 aliphatic rings. The molecule has 0 aliphatic carbocycles. The molecular formula is C15H19N3O. The Hall–Kier alpha value is -2.06. The number of benzene rings is 1. The molecule has 0 aliphatic heterocycles. The van der Waals surface area contributed by atoms with E-state index in [1.165, 1.54) is 0 Å². The normalized spacial score (nSPS) is 11.3. The quantitative estimate of drug-likeness (QED) is 0.232. The van der Waals surface area contributed by atoms with Crippen molar-refractivity contribution in [3.63, 3.8) is 0 Å². The Kier molecular flexibility index (Phi) is 5.83. The minimum Gasteiger partial charge on any atom is -0.294 e. The number of hydrogen-bond donors (Lipinski definition) is 0. The van der Waals surface area contributed by atoms with Crippen LogP contribution in [0.15, 0.2) is 47.6 Å². The van der Waals surface area contributed by atoms with Gasteiger partial charge in [-0.1, -0.05) is 61.4 Å². The molecule has 4 heteroatoms. The van der Waals surface area contributed by atoms with Crippen LogP contribution in [0.4, 0.5) is 0 Å². The van der Waals surface area contributed by atoms with Crippen molar-refractivity contribution in [2.75, 3.05) is 6.54 Å². The number of azide groups is 1. The number of rotatable bonds is 7. The lowest BCUT2D eigenvalue weighted by atomic mass is 9.80. The van der Waals surface area contributed by atoms with Crippen LogP contribution in [-0.2, 0) is 0 Å². The molecular weight excluding hydrogens is 238 g/mol. The van der Waals surface area contributed by atoms with E-state index in [1.54, 1.807) is 0 Å². The van der Waals surface area contributed by atoms with E-state index in [0.717, 1.165) is 18.4 Å². The first-order valence-corrected chi connectivity index (χ1v) is 6.33. The summed E-state index contributed by atoms with van der Waals surface area (Å²) in [6.07, 6.45) is 5.34. The fourth-order valence-electron chi connectivity index (χ4n) is 1.81. The summed E-state index contributed by atoms with van der Waals surface area (Å²) < 4.78 is 0. The van der Waals surface area contributed by atoms with Gasteiger partial charge in [-0.2, -0.15) is 0 Å². The number of allylic oxidation sites excluding steroid dienone is 1. The second-order valence-electron chi connectivity index (χ2n) is 5.00. The maximum atomic E-state index is 12.3. The Labute approximate surface area is 113 Å². The first kappa shape index (κ1) is 15.0. The number of nitrogens with zero attached hydrogens (tertiary/aromatic N) is 3. The van der Waals surface area contributed by atoms with Gasteiger partial charge in [0.25, 0.3) is 0 Å². The number of Topliss-reactive ketones (excluding diaryl/α,β-unsaturated/α-hetero) is 1. The van der Waals surface area contributed by atoms with E-state index in [0.29, 0.717) is 6.54 Å². The van der Waals surface area contributed by atoms with E-state index < -0.39 is 0 Å². The monoisotopic (exact) mass is 257 g/mol. The maximum Gasteiger partial charge on any atom is 0.168 e. The molecule has 0 atom stereocenters. The van der Waals surface area contributed by atoms with Gasteiger partial charge in [0.1, 0.15) is 0 Å². The molecule has 0 heterocycles. The van der Waals surface area contributed by atoms with Gasteiger partial charge in [-0.05, 0) is 18.4 Å². The van der Waals surface area contributed by atoms with E-state index in [2.05, 4.69) is 10.0 Å². The molecule has 0 saturated carbocycles. The van der Waals surface area contributed by atoms with Crippen molar-refractivity contribution in [3.8, 4) is 0 Å². The molecule has 4 nitrogen and oxygen atoms in total. The van der Waals surface area contributed by atoms with Crippen molar-refractivity contribution in [3.05, 3.63) is 58.5 Å². The summed E-state index contributed by atoms with van der Waals surface area (Å²) in [5.41, 5.74) is 8.50. The lowest BCUT2D eigenvalue weighted by Crippen LogP contribution is -2.24. The molecule has 0 bridgehead atoms. The van der Waals surface area contributed by atoms with E-state index in [9.17, 15) is 4.79 Å². The molecule has 0 aromatic heterocycles. The largest absolute Gasteiger partial charge is 0.294 e. The maximum absolute atomic E-state index is 12.3. The zero-order valence-electron chi connectivity index (χ0n) is 11.4. The Morgan fingerprint density at radius 2 is 2.00 bits per heavy atom. The number of carbonyl (C=O) groups is 1. The highest BCUT2D eigenvalue weighted by Crippen LogP contribution is 2.27. The van der Waals surface area contributed by atoms with Gasteiger partial charge in [0.2, 0.25) is 0 Å². The number of hydrogen-bond acceptors (Lipinski definition) is 2. The van der Waals surface area contributed by atoms with Gasteiger partial charge in [-0.3, -0.25) is 4.79 Å². The Balaban J connectivity index is 2.54. The minimum absolute atomic E-state index is 0.163. The van der Waals surface area contributed by atoms with Crippen molar-refractivity contribution in [1.29, 1.82) is 0 Å². The summed E-state index contributed by atoms with van der Waals surface area (Å²) in [7, 11) is 0. The summed E-state index contributed by atoms with van der Waals surface area (Å²) in [5.74, 6) is 0.163. The predicted octanol–water partition coefficient (Wildman–Crippen LogP) is 4.54. The van der Waals surface area contributed by atoms with Crippen LogP contribution in [0.1, 0.15) is 37.0 Å². The molecule has 0 saturated heterocycles. The molecule has 1 aromatic carbocycles. The third-order valence-corrected chi connectivity index (χ3v) is 3.00. The van der Waals surface area contributed by atoms with E-state index >= 15 is 0 Å². The molecule has 0 N–H and O–H groups in total. The molecule has 0 radical (unpaired) electrons. The molecule has 1 rings (SSSR count). The van der Waals surface area contributed by atoms with Crippen LogP contribution in [0, 0.1) is 5.41 Å². The smallest absolute Gasteiger partial charge is 0.168 e. The van der Waals surface area contributed by atoms with Gasteiger partial charge >= 0.3 is 0 Å². The van der Waals surface area contributed by atoms with Crippen LogP contribution < -0.4 is 0 Å². The highest BCUT2D eigenvalue weighted by atomic mass is 16.1. The predicted molar refractivity (Wildman–Crippen MR) is 76.9 cm³/mol. The lowest BCUT2D eigenvalue weighted by molar-refractivity contribution is 0.0828. The fraction of sp³-hybridized carbons (Fsp3) is 0.400. The highest BCUT2D eigenvalue weighted by molar-refractivity contribution is 5.99. The zero-order chi connectivity index (χ0) is 14.1. The zero-order valence-corrected chi connectivity index (χ0v) is 11.4. The summed E-state index contributed by atoms with van der Waals surface area (Å²) in [6, 6.07) is 9.36. The third kappa shape index (κ3) is 4.98. The summed E-state index contributed by atoms with van der Waals surface area (Å²) in [4.78, 5) is 15.0. The summed E-state index contributed by atoms with van der Waals surface area (Å²) in [5, 5.41) is 3.42. The molecule has 0 amide bonds. The van der Waals surface area contributed by atoms with Crippen molar-refractivity contribution in [2.24, 2.45) is 10.5 Å². The van der Waals surface area contributed by atoms with E-state index in [1.807, 2.05) is 56.3 Å². The third-order valence-electron chi connectivity index (χ3n) is 3.00. The second-order valence-corrected chi connectivity index (χ2v) is 5.00. The minimum atomic E-state index is -0.385. The first-order valence-electron chi connectivity index (χ1n) is 6.33. The molecule has 19 heavy (non-hydrogen) atoms. The average Bonchev–Trinajstić information content (AvgIpc) is 2.43. The first-order chi connectivity index (χ1) is 9.08. The number of ketones is 1. The van der Waals surface area contributed by atoms with Crippen molar-refractivity contribution in [1.82, 2.24) is 0 Å². The molecule has 0 spiro atoms. The lowest BCUT2D eigenvalue weighted by Gasteiger charge is -2.22.